The minimum Gasteiger partial charge on any atom is -0.393 e. The molecule has 56 valence electrons. The van der Waals surface area contributed by atoms with Crippen LogP contribution in [-0.2, 0) is 0 Å². The molecule has 1 fully saturated rings. The Bertz CT molecular complexity index is 138. The Morgan fingerprint density at radius 3 is 2.70 bits per heavy atom. The molecule has 0 saturated heterocycles. The molecule has 0 aromatic rings. The zero-order chi connectivity index (χ0) is 7.40. The lowest BCUT2D eigenvalue weighted by atomic mass is 10.1. The number of hydrogen-bond acceptors (Lipinski definition) is 1. The quantitative estimate of drug-likeness (QED) is 0.578. The van der Waals surface area contributed by atoms with Gasteiger partial charge in [-0.25, -0.2) is 0 Å². The van der Waals surface area contributed by atoms with E-state index in [9.17, 15) is 0 Å². The molecule has 2 unspecified atom stereocenters. The maximum atomic E-state index is 9.14. The normalized spacial score (nSPS) is 33.3. The summed E-state index contributed by atoms with van der Waals surface area (Å²) in [7, 11) is 0. The van der Waals surface area contributed by atoms with Gasteiger partial charge in [-0.1, -0.05) is 24.8 Å². The van der Waals surface area contributed by atoms with Crippen molar-refractivity contribution < 1.29 is 5.11 Å². The Hall–Kier alpha value is -0.560. The smallest absolute Gasteiger partial charge is 0.0546 e. The Labute approximate surface area is 62.1 Å². The number of hydrogen-bond donors (Lipinski definition) is 1. The van der Waals surface area contributed by atoms with Crippen molar-refractivity contribution in [2.75, 3.05) is 0 Å². The summed E-state index contributed by atoms with van der Waals surface area (Å²) in [5.74, 6) is 0.591. The highest BCUT2D eigenvalue weighted by Gasteiger charge is 2.19. The van der Waals surface area contributed by atoms with Crippen LogP contribution in [0.1, 0.15) is 19.3 Å². The molecule has 1 aliphatic rings. The second-order valence-corrected chi connectivity index (χ2v) is 2.85. The topological polar surface area (TPSA) is 20.2 Å². The molecular weight excluding hydrogens is 124 g/mol. The lowest BCUT2D eigenvalue weighted by Gasteiger charge is -1.99. The van der Waals surface area contributed by atoms with Crippen molar-refractivity contribution in [3.63, 3.8) is 0 Å². The monoisotopic (exact) mass is 138 g/mol. The van der Waals surface area contributed by atoms with Gasteiger partial charge in [0.1, 0.15) is 0 Å². The summed E-state index contributed by atoms with van der Waals surface area (Å²) in [5, 5.41) is 9.14. The molecule has 2 atom stereocenters. The van der Waals surface area contributed by atoms with Gasteiger partial charge in [-0.05, 0) is 25.2 Å². The average molecular weight is 138 g/mol. The first-order valence-electron chi connectivity index (χ1n) is 3.80. The van der Waals surface area contributed by atoms with E-state index in [4.69, 9.17) is 5.11 Å². The summed E-state index contributed by atoms with van der Waals surface area (Å²) in [5.41, 5.74) is 0. The van der Waals surface area contributed by atoms with E-state index < -0.39 is 0 Å². The summed E-state index contributed by atoms with van der Waals surface area (Å²) in [4.78, 5) is 0. The van der Waals surface area contributed by atoms with Crippen molar-refractivity contribution in [3.05, 3.63) is 24.8 Å². The molecule has 0 heterocycles. The van der Waals surface area contributed by atoms with Gasteiger partial charge in [-0.15, -0.1) is 0 Å². The van der Waals surface area contributed by atoms with E-state index in [1.807, 2.05) is 6.08 Å². The van der Waals surface area contributed by atoms with Crippen molar-refractivity contribution in [2.45, 2.75) is 25.4 Å². The Kier molecular flexibility index (Phi) is 2.69. The van der Waals surface area contributed by atoms with Crippen LogP contribution >= 0.6 is 0 Å². The molecule has 0 aliphatic heterocycles. The van der Waals surface area contributed by atoms with Crippen molar-refractivity contribution in [3.8, 4) is 0 Å². The third-order valence-electron chi connectivity index (χ3n) is 1.96. The van der Waals surface area contributed by atoms with Crippen LogP contribution in [0.2, 0.25) is 0 Å². The van der Waals surface area contributed by atoms with E-state index in [2.05, 4.69) is 12.7 Å². The molecule has 1 saturated carbocycles. The van der Waals surface area contributed by atoms with Crippen LogP contribution < -0.4 is 0 Å². The van der Waals surface area contributed by atoms with Gasteiger partial charge in [-0.2, -0.15) is 0 Å². The summed E-state index contributed by atoms with van der Waals surface area (Å²) < 4.78 is 0. The van der Waals surface area contributed by atoms with Crippen LogP contribution in [0, 0.1) is 5.92 Å². The van der Waals surface area contributed by atoms with Gasteiger partial charge >= 0.3 is 0 Å². The van der Waals surface area contributed by atoms with Crippen LogP contribution in [0.4, 0.5) is 0 Å². The maximum absolute atomic E-state index is 9.14. The first-order chi connectivity index (χ1) is 4.83. The van der Waals surface area contributed by atoms with E-state index in [1.165, 1.54) is 0 Å². The zero-order valence-corrected chi connectivity index (χ0v) is 6.16. The fraction of sp³-hybridized carbons (Fsp3) is 0.556. The van der Waals surface area contributed by atoms with Gasteiger partial charge in [0.25, 0.3) is 0 Å². The van der Waals surface area contributed by atoms with Crippen LogP contribution in [0.3, 0.4) is 0 Å². The molecule has 0 amide bonds. The van der Waals surface area contributed by atoms with E-state index in [0.717, 1.165) is 19.3 Å². The Morgan fingerprint density at radius 2 is 2.20 bits per heavy atom. The summed E-state index contributed by atoms with van der Waals surface area (Å²) in [6.07, 6.45) is 8.85. The Balaban J connectivity index is 2.30. The van der Waals surface area contributed by atoms with Crippen LogP contribution in [0.5, 0.6) is 0 Å². The van der Waals surface area contributed by atoms with Gasteiger partial charge in [0.15, 0.2) is 0 Å². The van der Waals surface area contributed by atoms with Crippen molar-refractivity contribution in [1.29, 1.82) is 0 Å². The van der Waals surface area contributed by atoms with Gasteiger partial charge in [0.05, 0.1) is 6.10 Å². The third kappa shape index (κ3) is 1.99. The molecule has 0 radical (unpaired) electrons. The molecule has 1 heteroatoms. The number of rotatable bonds is 2. The maximum Gasteiger partial charge on any atom is 0.0546 e. The Morgan fingerprint density at radius 1 is 1.40 bits per heavy atom. The molecule has 1 nitrogen and oxygen atoms in total. The standard InChI is InChI=1S/C9H14O/c1-2-3-4-8-5-6-9(10)7-8/h2-4,8-10H,1,5-7H2/b4-3+. The second-order valence-electron chi connectivity index (χ2n) is 2.85. The first-order valence-corrected chi connectivity index (χ1v) is 3.80. The van der Waals surface area contributed by atoms with Gasteiger partial charge < -0.3 is 5.11 Å². The molecule has 0 spiro atoms. The van der Waals surface area contributed by atoms with Crippen molar-refractivity contribution >= 4 is 0 Å². The van der Waals surface area contributed by atoms with Gasteiger partial charge in [-0.3, -0.25) is 0 Å². The van der Waals surface area contributed by atoms with E-state index in [1.54, 1.807) is 6.08 Å². The lowest BCUT2D eigenvalue weighted by molar-refractivity contribution is 0.180. The lowest BCUT2D eigenvalue weighted by Crippen LogP contribution is -1.97. The van der Waals surface area contributed by atoms with Crippen molar-refractivity contribution in [2.24, 2.45) is 5.92 Å². The first kappa shape index (κ1) is 7.55. The summed E-state index contributed by atoms with van der Waals surface area (Å²) >= 11 is 0. The van der Waals surface area contributed by atoms with Gasteiger partial charge in [0, 0.05) is 0 Å². The minimum absolute atomic E-state index is 0.0561. The largest absolute Gasteiger partial charge is 0.393 e. The molecule has 1 N–H and O–H groups in total. The van der Waals surface area contributed by atoms with E-state index in [0.29, 0.717) is 5.92 Å². The molecule has 0 bridgehead atoms. The van der Waals surface area contributed by atoms with Crippen LogP contribution in [0.15, 0.2) is 24.8 Å². The molecule has 1 rings (SSSR count). The summed E-state index contributed by atoms with van der Waals surface area (Å²) in [6, 6.07) is 0. The molecule has 0 aromatic carbocycles. The number of aliphatic hydroxyl groups is 1. The molecule has 10 heavy (non-hydrogen) atoms. The minimum atomic E-state index is -0.0561. The molecular formula is C9H14O. The number of allylic oxidation sites excluding steroid dienone is 3. The van der Waals surface area contributed by atoms with Crippen molar-refractivity contribution in [1.82, 2.24) is 0 Å². The van der Waals surface area contributed by atoms with Crippen LogP contribution in [-0.4, -0.2) is 11.2 Å². The highest BCUT2D eigenvalue weighted by Crippen LogP contribution is 2.26. The molecule has 0 aromatic heterocycles. The SMILES string of the molecule is C=C/C=C/C1CCC(O)C1. The average Bonchev–Trinajstić information content (AvgIpc) is 2.31. The predicted octanol–water partition coefficient (Wildman–Crippen LogP) is 1.89. The fourth-order valence-electron chi connectivity index (χ4n) is 1.40. The van der Waals surface area contributed by atoms with Crippen LogP contribution in [0.25, 0.3) is 0 Å². The number of aliphatic hydroxyl groups excluding tert-OH is 1. The molecule has 1 aliphatic carbocycles. The second kappa shape index (κ2) is 3.57. The summed E-state index contributed by atoms with van der Waals surface area (Å²) in [6.45, 7) is 3.59. The fourth-order valence-corrected chi connectivity index (χ4v) is 1.40. The predicted molar refractivity (Wildman–Crippen MR) is 42.7 cm³/mol. The van der Waals surface area contributed by atoms with E-state index in [-0.39, 0.29) is 6.10 Å². The van der Waals surface area contributed by atoms with Gasteiger partial charge in [0.2, 0.25) is 0 Å². The highest BCUT2D eigenvalue weighted by atomic mass is 16.3. The highest BCUT2D eigenvalue weighted by molar-refractivity contribution is 5.01. The zero-order valence-electron chi connectivity index (χ0n) is 6.16. The van der Waals surface area contributed by atoms with E-state index >= 15 is 0 Å². The third-order valence-corrected chi connectivity index (χ3v) is 1.96.